The lowest BCUT2D eigenvalue weighted by molar-refractivity contribution is -0.136. The molecule has 0 spiro atoms. The van der Waals surface area contributed by atoms with Crippen LogP contribution in [0.25, 0.3) is 0 Å². The third-order valence-corrected chi connectivity index (χ3v) is 5.29. The number of carbonyl (C=O) groups is 2. The van der Waals surface area contributed by atoms with Crippen molar-refractivity contribution in [3.05, 3.63) is 65.2 Å². The van der Waals surface area contributed by atoms with Crippen LogP contribution in [-0.4, -0.2) is 36.4 Å². The molecule has 0 aliphatic carbocycles. The maximum Gasteiger partial charge on any atom is 0.245 e. The lowest BCUT2D eigenvalue weighted by Gasteiger charge is -2.39. The molecule has 1 saturated heterocycles. The second-order valence-corrected chi connectivity index (χ2v) is 6.78. The summed E-state index contributed by atoms with van der Waals surface area (Å²) >= 11 is 0. The van der Waals surface area contributed by atoms with Crippen molar-refractivity contribution < 1.29 is 14.3 Å². The molecule has 2 heterocycles. The van der Waals surface area contributed by atoms with E-state index in [1.165, 1.54) is 5.56 Å². The molecule has 4 rings (SSSR count). The van der Waals surface area contributed by atoms with Gasteiger partial charge in [0, 0.05) is 18.5 Å². The molecule has 134 valence electrons. The van der Waals surface area contributed by atoms with E-state index < -0.39 is 6.04 Å². The summed E-state index contributed by atoms with van der Waals surface area (Å²) in [5.74, 6) is 0.707. The summed E-state index contributed by atoms with van der Waals surface area (Å²) in [6.45, 7) is 0.630. The third kappa shape index (κ3) is 2.83. The molecule has 2 unspecified atom stereocenters. The minimum Gasteiger partial charge on any atom is -0.496 e. The summed E-state index contributed by atoms with van der Waals surface area (Å²) in [7, 11) is 1.65. The summed E-state index contributed by atoms with van der Waals surface area (Å²) in [5, 5.41) is 2.81. The van der Waals surface area contributed by atoms with Crippen molar-refractivity contribution in [2.24, 2.45) is 0 Å². The fraction of sp³-hybridized carbons (Fsp3) is 0.333. The third-order valence-electron chi connectivity index (χ3n) is 5.29. The van der Waals surface area contributed by atoms with E-state index in [-0.39, 0.29) is 17.9 Å². The molecule has 2 amide bonds. The molecule has 2 atom stereocenters. The maximum absolute atomic E-state index is 13.2. The Labute approximate surface area is 153 Å². The normalized spacial score (nSPS) is 21.9. The van der Waals surface area contributed by atoms with Gasteiger partial charge in [0.25, 0.3) is 0 Å². The average Bonchev–Trinajstić information content (AvgIpc) is 3.13. The van der Waals surface area contributed by atoms with Crippen molar-refractivity contribution in [1.29, 1.82) is 0 Å². The standard InChI is InChI=1S/C21H22N2O3/c1-26-18-9-5-4-8-16(18)20-15-7-3-2-6-14(15)12-13-23(20)21(25)17-10-11-19(24)22-17/h2-9,17,20H,10-13H2,1H3,(H,22,24). The Hall–Kier alpha value is -2.82. The number of amides is 2. The van der Waals surface area contributed by atoms with Crippen LogP contribution in [0.3, 0.4) is 0 Å². The molecule has 0 saturated carbocycles. The summed E-state index contributed by atoms with van der Waals surface area (Å²) in [4.78, 5) is 26.7. The fourth-order valence-corrected chi connectivity index (χ4v) is 4.03. The molecule has 0 aromatic heterocycles. The van der Waals surface area contributed by atoms with Crippen LogP contribution < -0.4 is 10.1 Å². The first-order valence-corrected chi connectivity index (χ1v) is 8.99. The predicted octanol–water partition coefficient (Wildman–Crippen LogP) is 2.45. The van der Waals surface area contributed by atoms with Crippen molar-refractivity contribution in [1.82, 2.24) is 10.2 Å². The molecular weight excluding hydrogens is 328 g/mol. The second-order valence-electron chi connectivity index (χ2n) is 6.78. The molecule has 0 bridgehead atoms. The van der Waals surface area contributed by atoms with Crippen LogP contribution in [0.1, 0.15) is 35.6 Å². The summed E-state index contributed by atoms with van der Waals surface area (Å²) in [6, 6.07) is 15.4. The van der Waals surface area contributed by atoms with Gasteiger partial charge in [0.1, 0.15) is 11.8 Å². The van der Waals surface area contributed by atoms with Crippen LogP contribution in [0.15, 0.2) is 48.5 Å². The Bertz CT molecular complexity index is 849. The first-order chi connectivity index (χ1) is 12.7. The number of methoxy groups -OCH3 is 1. The van der Waals surface area contributed by atoms with Gasteiger partial charge in [0.05, 0.1) is 13.2 Å². The van der Waals surface area contributed by atoms with Crippen LogP contribution >= 0.6 is 0 Å². The number of rotatable bonds is 3. The van der Waals surface area contributed by atoms with Gasteiger partial charge in [-0.05, 0) is 30.0 Å². The van der Waals surface area contributed by atoms with E-state index in [0.29, 0.717) is 19.4 Å². The van der Waals surface area contributed by atoms with Crippen molar-refractivity contribution in [3.8, 4) is 5.75 Å². The smallest absolute Gasteiger partial charge is 0.245 e. The molecule has 1 N–H and O–H groups in total. The van der Waals surface area contributed by atoms with Gasteiger partial charge in [-0.2, -0.15) is 0 Å². The summed E-state index contributed by atoms with van der Waals surface area (Å²) < 4.78 is 5.58. The monoisotopic (exact) mass is 350 g/mol. The van der Waals surface area contributed by atoms with Crippen LogP contribution in [0.4, 0.5) is 0 Å². The molecule has 2 aromatic carbocycles. The van der Waals surface area contributed by atoms with Gasteiger partial charge in [-0.3, -0.25) is 9.59 Å². The highest BCUT2D eigenvalue weighted by Gasteiger charge is 2.38. The topological polar surface area (TPSA) is 58.6 Å². The van der Waals surface area contributed by atoms with Crippen LogP contribution in [0.5, 0.6) is 5.75 Å². The van der Waals surface area contributed by atoms with E-state index in [1.807, 2.05) is 41.3 Å². The quantitative estimate of drug-likeness (QED) is 0.925. The summed E-state index contributed by atoms with van der Waals surface area (Å²) in [6.07, 6.45) is 1.79. The zero-order valence-corrected chi connectivity index (χ0v) is 14.8. The zero-order chi connectivity index (χ0) is 18.1. The number of hydrogen-bond donors (Lipinski definition) is 1. The minimum absolute atomic E-state index is 0.0127. The molecule has 0 radical (unpaired) electrons. The number of nitrogens with zero attached hydrogens (tertiary/aromatic N) is 1. The lowest BCUT2D eigenvalue weighted by Crippen LogP contribution is -2.48. The summed E-state index contributed by atoms with van der Waals surface area (Å²) in [5.41, 5.74) is 3.35. The van der Waals surface area contributed by atoms with Gasteiger partial charge in [-0.1, -0.05) is 42.5 Å². The minimum atomic E-state index is -0.426. The van der Waals surface area contributed by atoms with Crippen LogP contribution in [-0.2, 0) is 16.0 Å². The van der Waals surface area contributed by atoms with E-state index in [2.05, 4.69) is 17.4 Å². The number of fused-ring (bicyclic) bond motifs is 1. The Morgan fingerprint density at radius 3 is 2.54 bits per heavy atom. The van der Waals surface area contributed by atoms with Gasteiger partial charge in [-0.25, -0.2) is 0 Å². The lowest BCUT2D eigenvalue weighted by atomic mass is 9.87. The highest BCUT2D eigenvalue weighted by atomic mass is 16.5. The number of ether oxygens (including phenoxy) is 1. The Morgan fingerprint density at radius 2 is 1.81 bits per heavy atom. The van der Waals surface area contributed by atoms with E-state index in [0.717, 1.165) is 23.3 Å². The number of carbonyl (C=O) groups excluding carboxylic acids is 2. The largest absolute Gasteiger partial charge is 0.496 e. The van der Waals surface area contributed by atoms with Crippen molar-refractivity contribution in [2.45, 2.75) is 31.3 Å². The molecular formula is C21H22N2O3. The predicted molar refractivity (Wildman–Crippen MR) is 97.9 cm³/mol. The van der Waals surface area contributed by atoms with Crippen LogP contribution in [0.2, 0.25) is 0 Å². The molecule has 2 aliphatic heterocycles. The highest BCUT2D eigenvalue weighted by Crippen LogP contribution is 2.39. The molecule has 26 heavy (non-hydrogen) atoms. The fourth-order valence-electron chi connectivity index (χ4n) is 4.03. The molecule has 2 aliphatic rings. The highest BCUT2D eigenvalue weighted by molar-refractivity contribution is 5.91. The van der Waals surface area contributed by atoms with Gasteiger partial charge < -0.3 is 15.0 Å². The van der Waals surface area contributed by atoms with Gasteiger partial charge in [-0.15, -0.1) is 0 Å². The Morgan fingerprint density at radius 1 is 1.08 bits per heavy atom. The molecule has 1 fully saturated rings. The van der Waals surface area contributed by atoms with Crippen molar-refractivity contribution in [3.63, 3.8) is 0 Å². The van der Waals surface area contributed by atoms with E-state index in [1.54, 1.807) is 7.11 Å². The van der Waals surface area contributed by atoms with E-state index >= 15 is 0 Å². The van der Waals surface area contributed by atoms with Crippen molar-refractivity contribution in [2.75, 3.05) is 13.7 Å². The first-order valence-electron chi connectivity index (χ1n) is 8.99. The molecule has 5 nitrogen and oxygen atoms in total. The molecule has 5 heteroatoms. The average molecular weight is 350 g/mol. The first kappa shape index (κ1) is 16.6. The number of para-hydroxylation sites is 1. The van der Waals surface area contributed by atoms with E-state index in [4.69, 9.17) is 4.74 Å². The van der Waals surface area contributed by atoms with Crippen molar-refractivity contribution >= 4 is 11.8 Å². The number of benzene rings is 2. The zero-order valence-electron chi connectivity index (χ0n) is 14.8. The Kier molecular flexibility index (Phi) is 4.37. The maximum atomic E-state index is 13.2. The second kappa shape index (κ2) is 6.83. The van der Waals surface area contributed by atoms with Gasteiger partial charge in [0.15, 0.2) is 0 Å². The van der Waals surface area contributed by atoms with Crippen LogP contribution in [0, 0.1) is 0 Å². The Balaban J connectivity index is 1.78. The van der Waals surface area contributed by atoms with E-state index in [9.17, 15) is 9.59 Å². The number of nitrogens with one attached hydrogen (secondary N) is 1. The molecule has 2 aromatic rings. The number of hydrogen-bond acceptors (Lipinski definition) is 3. The van der Waals surface area contributed by atoms with Gasteiger partial charge >= 0.3 is 0 Å². The SMILES string of the molecule is COc1ccccc1C1c2ccccc2CCN1C(=O)C1CCC(=O)N1. The van der Waals surface area contributed by atoms with Gasteiger partial charge in [0.2, 0.25) is 11.8 Å².